The van der Waals surface area contributed by atoms with E-state index in [0.717, 1.165) is 45.8 Å². The first-order chi connectivity index (χ1) is 21.4. The van der Waals surface area contributed by atoms with E-state index < -0.39 is 5.60 Å². The molecule has 7 nitrogen and oxygen atoms in total. The predicted octanol–water partition coefficient (Wildman–Crippen LogP) is 8.53. The van der Waals surface area contributed by atoms with Crippen molar-refractivity contribution in [3.05, 3.63) is 54.1 Å². The van der Waals surface area contributed by atoms with Crippen LogP contribution in [0.25, 0.3) is 0 Å². The second kappa shape index (κ2) is 18.5. The number of benzene rings is 2. The number of nitrogens with zero attached hydrogens (tertiary/aromatic N) is 2. The first-order valence-electron chi connectivity index (χ1n) is 17.1. The minimum absolute atomic E-state index is 0.175. The summed E-state index contributed by atoms with van der Waals surface area (Å²) in [6.45, 7) is 12.2. The van der Waals surface area contributed by atoms with Crippen LogP contribution in [0.5, 0.6) is 0 Å². The van der Waals surface area contributed by atoms with Gasteiger partial charge in [-0.1, -0.05) is 75.3 Å². The lowest BCUT2D eigenvalue weighted by molar-refractivity contribution is 0.0144. The topological polar surface area (TPSA) is 68.9 Å². The van der Waals surface area contributed by atoms with E-state index in [-0.39, 0.29) is 6.09 Å². The zero-order chi connectivity index (χ0) is 31.0. The van der Waals surface area contributed by atoms with Crippen molar-refractivity contribution in [2.24, 2.45) is 0 Å². The van der Waals surface area contributed by atoms with Gasteiger partial charge in [0.05, 0.1) is 11.4 Å². The molecule has 3 N–H and O–H groups in total. The number of rotatable bonds is 16. The Morgan fingerprint density at radius 1 is 0.864 bits per heavy atom. The van der Waals surface area contributed by atoms with Crippen molar-refractivity contribution in [3.8, 4) is 0 Å². The van der Waals surface area contributed by atoms with Crippen LogP contribution in [0.3, 0.4) is 0 Å². The molecule has 1 amide bonds. The van der Waals surface area contributed by atoms with E-state index >= 15 is 0 Å². The van der Waals surface area contributed by atoms with Crippen molar-refractivity contribution in [3.63, 3.8) is 0 Å². The van der Waals surface area contributed by atoms with E-state index in [1.165, 1.54) is 92.5 Å². The Labute approximate surface area is 271 Å². The van der Waals surface area contributed by atoms with Crippen LogP contribution in [-0.4, -0.2) is 66.8 Å². The molecule has 0 unspecified atom stereocenters. The van der Waals surface area contributed by atoms with Gasteiger partial charge in [-0.25, -0.2) is 4.79 Å². The molecule has 0 aromatic heterocycles. The molecule has 8 heteroatoms. The number of piperazine rings is 1. The monoisotopic (exact) mass is 623 g/mol. The van der Waals surface area contributed by atoms with Crippen molar-refractivity contribution in [1.29, 1.82) is 0 Å². The molecule has 0 radical (unpaired) electrons. The molecule has 244 valence electrons. The zero-order valence-electron chi connectivity index (χ0n) is 27.5. The van der Waals surface area contributed by atoms with Gasteiger partial charge in [-0.2, -0.15) is 0 Å². The summed E-state index contributed by atoms with van der Waals surface area (Å²) in [7, 11) is 0. The normalized spacial score (nSPS) is 16.6. The van der Waals surface area contributed by atoms with Gasteiger partial charge < -0.3 is 20.3 Å². The molecule has 1 saturated carbocycles. The molecule has 2 aromatic rings. The fourth-order valence-electron chi connectivity index (χ4n) is 5.97. The highest BCUT2D eigenvalue weighted by atomic mass is 32.2. The number of carbonyl (C=O) groups excluding carboxylic acids is 1. The summed E-state index contributed by atoms with van der Waals surface area (Å²) in [6, 6.07) is 18.0. The maximum Gasteiger partial charge on any atom is 0.410 e. The zero-order valence-corrected chi connectivity index (χ0v) is 28.4. The van der Waals surface area contributed by atoms with Gasteiger partial charge in [0.1, 0.15) is 5.60 Å². The molecule has 44 heavy (non-hydrogen) atoms. The molecule has 1 saturated heterocycles. The first kappa shape index (κ1) is 34.5. The molecule has 2 fully saturated rings. The van der Waals surface area contributed by atoms with E-state index in [1.54, 1.807) is 11.9 Å². The number of hydrogen-bond donors (Lipinski definition) is 3. The van der Waals surface area contributed by atoms with Gasteiger partial charge in [-0.15, -0.1) is 0 Å². The number of amides is 1. The van der Waals surface area contributed by atoms with Crippen molar-refractivity contribution in [1.82, 2.24) is 14.5 Å². The third-order valence-corrected chi connectivity index (χ3v) is 9.34. The van der Waals surface area contributed by atoms with Crippen LogP contribution < -0.4 is 15.4 Å². The SMILES string of the molecule is CC(C)(C)OC(=O)N1CCN(CCCCCCCCNSc2ccc(NC3CCCCC3)c(NCc3ccccc3)c2)CC1. The van der Waals surface area contributed by atoms with Gasteiger partial charge in [0, 0.05) is 50.2 Å². The summed E-state index contributed by atoms with van der Waals surface area (Å²) in [4.78, 5) is 17.8. The molecule has 1 aliphatic heterocycles. The highest BCUT2D eigenvalue weighted by Crippen LogP contribution is 2.31. The van der Waals surface area contributed by atoms with Crippen LogP contribution in [0, 0.1) is 0 Å². The summed E-state index contributed by atoms with van der Waals surface area (Å²) in [5.41, 5.74) is 3.28. The second-order valence-corrected chi connectivity index (χ2v) is 14.4. The number of nitrogens with one attached hydrogen (secondary N) is 3. The summed E-state index contributed by atoms with van der Waals surface area (Å²) in [5.74, 6) is 0. The van der Waals surface area contributed by atoms with Gasteiger partial charge in [-0.05, 0) is 88.7 Å². The highest BCUT2D eigenvalue weighted by molar-refractivity contribution is 7.97. The minimum atomic E-state index is -0.425. The number of anilines is 2. The Morgan fingerprint density at radius 3 is 2.30 bits per heavy atom. The van der Waals surface area contributed by atoms with E-state index in [0.29, 0.717) is 6.04 Å². The Hall–Kier alpha value is -2.42. The van der Waals surface area contributed by atoms with Crippen LogP contribution >= 0.6 is 11.9 Å². The van der Waals surface area contributed by atoms with Gasteiger partial charge >= 0.3 is 6.09 Å². The van der Waals surface area contributed by atoms with E-state index in [4.69, 9.17) is 4.74 Å². The van der Waals surface area contributed by atoms with Crippen molar-refractivity contribution in [2.45, 2.75) is 114 Å². The van der Waals surface area contributed by atoms with Crippen LogP contribution in [-0.2, 0) is 11.3 Å². The molecular weight excluding hydrogens is 566 g/mol. The Bertz CT molecular complexity index is 1100. The molecule has 0 bridgehead atoms. The summed E-state index contributed by atoms with van der Waals surface area (Å²) < 4.78 is 9.11. The maximum absolute atomic E-state index is 12.2. The molecule has 2 aliphatic rings. The van der Waals surface area contributed by atoms with E-state index in [1.807, 2.05) is 25.7 Å². The van der Waals surface area contributed by atoms with E-state index in [9.17, 15) is 4.79 Å². The molecule has 0 atom stereocenters. The standard InChI is InChI=1S/C36H57N5O2S/c1-36(2,3)43-35(42)41-26-24-40(25-27-41)23-15-7-5-4-6-14-22-38-44-32-20-21-33(39-31-18-12-9-13-19-31)34(28-32)37-29-30-16-10-8-11-17-30/h8,10-11,16-17,20-21,28,31,37-39H,4-7,9,12-15,18-19,22-27,29H2,1-3H3. The Balaban J connectivity index is 1.07. The predicted molar refractivity (Wildman–Crippen MR) is 187 cm³/mol. The lowest BCUT2D eigenvalue weighted by atomic mass is 9.95. The van der Waals surface area contributed by atoms with Crippen LogP contribution in [0.2, 0.25) is 0 Å². The number of ether oxygens (including phenoxy) is 1. The van der Waals surface area contributed by atoms with Crippen molar-refractivity contribution >= 4 is 29.4 Å². The van der Waals surface area contributed by atoms with E-state index in [2.05, 4.69) is 68.8 Å². The van der Waals surface area contributed by atoms with Gasteiger partial charge in [0.15, 0.2) is 0 Å². The average Bonchev–Trinajstić information content (AvgIpc) is 3.02. The summed E-state index contributed by atoms with van der Waals surface area (Å²) in [6.07, 6.45) is 14.0. The maximum atomic E-state index is 12.2. The molecule has 4 rings (SSSR count). The average molecular weight is 624 g/mol. The molecule has 2 aromatic carbocycles. The molecule has 1 heterocycles. The highest BCUT2D eigenvalue weighted by Gasteiger charge is 2.25. The van der Waals surface area contributed by atoms with Crippen LogP contribution in [0.1, 0.15) is 97.0 Å². The fraction of sp³-hybridized carbons (Fsp3) is 0.639. The van der Waals surface area contributed by atoms with Gasteiger partial charge in [0.25, 0.3) is 0 Å². The number of hydrogen-bond acceptors (Lipinski definition) is 7. The van der Waals surface area contributed by atoms with Crippen LogP contribution in [0.4, 0.5) is 16.2 Å². The minimum Gasteiger partial charge on any atom is -0.444 e. The number of unbranched alkanes of at least 4 members (excludes halogenated alkanes) is 5. The quantitative estimate of drug-likeness (QED) is 0.128. The third-order valence-electron chi connectivity index (χ3n) is 8.50. The first-order valence-corrected chi connectivity index (χ1v) is 18.0. The van der Waals surface area contributed by atoms with Crippen molar-refractivity contribution < 1.29 is 9.53 Å². The van der Waals surface area contributed by atoms with Crippen LogP contribution in [0.15, 0.2) is 53.4 Å². The second-order valence-electron chi connectivity index (χ2n) is 13.5. The summed E-state index contributed by atoms with van der Waals surface area (Å²) >= 11 is 1.75. The summed E-state index contributed by atoms with van der Waals surface area (Å²) in [5, 5.41) is 7.54. The molecule has 1 aliphatic carbocycles. The molecule has 0 spiro atoms. The fourth-order valence-corrected chi connectivity index (χ4v) is 6.70. The Kier molecular flexibility index (Phi) is 14.5. The third kappa shape index (κ3) is 12.9. The van der Waals surface area contributed by atoms with Gasteiger partial charge in [-0.3, -0.25) is 9.62 Å². The molecular formula is C36H57N5O2S. The Morgan fingerprint density at radius 2 is 1.57 bits per heavy atom. The van der Waals surface area contributed by atoms with Gasteiger partial charge in [0.2, 0.25) is 0 Å². The largest absolute Gasteiger partial charge is 0.444 e. The lowest BCUT2D eigenvalue weighted by Crippen LogP contribution is -2.50. The number of carbonyl (C=O) groups is 1. The smallest absolute Gasteiger partial charge is 0.410 e. The van der Waals surface area contributed by atoms with Crippen molar-refractivity contribution in [2.75, 3.05) is 49.9 Å². The lowest BCUT2D eigenvalue weighted by Gasteiger charge is -2.35.